The molecule has 2 heterocycles. The molecular weight excluding hydrogens is 284 g/mol. The number of hydrogen-bond donors (Lipinski definition) is 1. The van der Waals surface area contributed by atoms with Crippen molar-refractivity contribution in [2.75, 3.05) is 0 Å². The molecule has 6 heteroatoms. The zero-order valence-corrected chi connectivity index (χ0v) is 10.9. The van der Waals surface area contributed by atoms with Crippen molar-refractivity contribution in [3.63, 3.8) is 0 Å². The maximum absolute atomic E-state index is 11.8. The Morgan fingerprint density at radius 1 is 1.53 bits per heavy atom. The van der Waals surface area contributed by atoms with Crippen molar-refractivity contribution < 1.29 is 0 Å². The van der Waals surface area contributed by atoms with Crippen LogP contribution in [-0.2, 0) is 7.05 Å². The Hall–Kier alpha value is -1.43. The minimum atomic E-state index is -0.139. The van der Waals surface area contributed by atoms with Crippen LogP contribution >= 0.6 is 15.9 Å². The predicted octanol–water partition coefficient (Wildman–Crippen LogP) is 1.81. The highest BCUT2D eigenvalue weighted by Gasteiger charge is 2.29. The minimum absolute atomic E-state index is 0.139. The smallest absolute Gasteiger partial charge is 0.265 e. The fraction of sp³-hybridized carbons (Fsp3) is 0.364. The van der Waals surface area contributed by atoms with E-state index in [1.54, 1.807) is 6.20 Å². The van der Waals surface area contributed by atoms with Gasteiger partial charge in [0, 0.05) is 25.4 Å². The monoisotopic (exact) mass is 294 g/mol. The molecule has 1 aliphatic carbocycles. The van der Waals surface area contributed by atoms with Crippen LogP contribution in [0.3, 0.4) is 0 Å². The maximum Gasteiger partial charge on any atom is 0.265 e. The molecule has 2 aromatic rings. The molecule has 1 saturated carbocycles. The Kier molecular flexibility index (Phi) is 2.39. The standard InChI is InChI=1S/C11H11BrN4O/c1-16-5-4-13-10(16)9-14-8(6-2-3-6)7(12)11(17)15-9/h4-6H,2-3H2,1H3,(H,14,15,17). The molecule has 5 nitrogen and oxygen atoms in total. The van der Waals surface area contributed by atoms with Gasteiger partial charge in [-0.05, 0) is 28.8 Å². The minimum Gasteiger partial charge on any atom is -0.331 e. The molecule has 1 fully saturated rings. The quantitative estimate of drug-likeness (QED) is 0.919. The van der Waals surface area contributed by atoms with Gasteiger partial charge in [-0.1, -0.05) is 0 Å². The van der Waals surface area contributed by atoms with E-state index in [-0.39, 0.29) is 5.56 Å². The summed E-state index contributed by atoms with van der Waals surface area (Å²) in [5.41, 5.74) is 0.714. The summed E-state index contributed by atoms with van der Waals surface area (Å²) in [6, 6.07) is 0. The van der Waals surface area contributed by atoms with Crippen LogP contribution in [0, 0.1) is 0 Å². The first kappa shape index (κ1) is 10.7. The van der Waals surface area contributed by atoms with Gasteiger partial charge in [-0.25, -0.2) is 9.97 Å². The number of aromatic nitrogens is 4. The molecule has 0 bridgehead atoms. The van der Waals surface area contributed by atoms with Crippen LogP contribution < -0.4 is 5.56 Å². The van der Waals surface area contributed by atoms with Crippen molar-refractivity contribution in [2.24, 2.45) is 7.05 Å². The largest absolute Gasteiger partial charge is 0.331 e. The van der Waals surface area contributed by atoms with Gasteiger partial charge in [0.15, 0.2) is 11.6 Å². The summed E-state index contributed by atoms with van der Waals surface area (Å²) in [5.74, 6) is 1.63. The van der Waals surface area contributed by atoms with E-state index >= 15 is 0 Å². The number of H-pyrrole nitrogens is 1. The Morgan fingerprint density at radius 2 is 2.29 bits per heavy atom. The summed E-state index contributed by atoms with van der Waals surface area (Å²) in [6.07, 6.45) is 5.73. The summed E-state index contributed by atoms with van der Waals surface area (Å²) in [7, 11) is 1.88. The van der Waals surface area contributed by atoms with Crippen LogP contribution in [0.1, 0.15) is 24.5 Å². The van der Waals surface area contributed by atoms with Crippen molar-refractivity contribution in [1.29, 1.82) is 0 Å². The average Bonchev–Trinajstić information content (AvgIpc) is 3.05. The molecule has 2 aromatic heterocycles. The molecule has 1 aliphatic rings. The molecule has 1 N–H and O–H groups in total. The number of imidazole rings is 1. The molecule has 0 aromatic carbocycles. The summed E-state index contributed by atoms with van der Waals surface area (Å²) < 4.78 is 2.39. The number of rotatable bonds is 2. The van der Waals surface area contributed by atoms with Gasteiger partial charge in [-0.2, -0.15) is 0 Å². The van der Waals surface area contributed by atoms with Crippen molar-refractivity contribution in [3.8, 4) is 11.6 Å². The van der Waals surface area contributed by atoms with Crippen molar-refractivity contribution in [2.45, 2.75) is 18.8 Å². The fourth-order valence-corrected chi connectivity index (χ4v) is 2.31. The van der Waals surface area contributed by atoms with Gasteiger partial charge < -0.3 is 9.55 Å². The van der Waals surface area contributed by atoms with Gasteiger partial charge in [0.2, 0.25) is 0 Å². The highest BCUT2D eigenvalue weighted by atomic mass is 79.9. The summed E-state index contributed by atoms with van der Waals surface area (Å²) in [5, 5.41) is 0. The zero-order chi connectivity index (χ0) is 12.0. The molecule has 0 spiro atoms. The lowest BCUT2D eigenvalue weighted by molar-refractivity contribution is 0.883. The van der Waals surface area contributed by atoms with Gasteiger partial charge in [-0.3, -0.25) is 4.79 Å². The molecule has 0 aliphatic heterocycles. The molecule has 0 amide bonds. The van der Waals surface area contributed by atoms with E-state index < -0.39 is 0 Å². The average molecular weight is 295 g/mol. The van der Waals surface area contributed by atoms with Gasteiger partial charge in [0.1, 0.15) is 4.47 Å². The Labute approximate surface area is 106 Å². The number of nitrogens with one attached hydrogen (secondary N) is 1. The highest BCUT2D eigenvalue weighted by molar-refractivity contribution is 9.10. The third-order valence-corrected chi connectivity index (χ3v) is 3.65. The third kappa shape index (κ3) is 1.82. The second kappa shape index (κ2) is 3.80. The van der Waals surface area contributed by atoms with Crippen molar-refractivity contribution >= 4 is 15.9 Å². The lowest BCUT2D eigenvalue weighted by Crippen LogP contribution is -2.14. The second-order valence-corrected chi connectivity index (χ2v) is 5.04. The maximum atomic E-state index is 11.8. The summed E-state index contributed by atoms with van der Waals surface area (Å²) in [6.45, 7) is 0. The van der Waals surface area contributed by atoms with Gasteiger partial charge >= 0.3 is 0 Å². The number of halogens is 1. The Balaban J connectivity index is 2.18. The number of hydrogen-bond acceptors (Lipinski definition) is 3. The molecule has 0 atom stereocenters. The zero-order valence-electron chi connectivity index (χ0n) is 9.27. The van der Waals surface area contributed by atoms with Crippen LogP contribution in [0.2, 0.25) is 0 Å². The van der Waals surface area contributed by atoms with E-state index in [0.29, 0.717) is 22.0 Å². The lowest BCUT2D eigenvalue weighted by Gasteiger charge is -2.05. The third-order valence-electron chi connectivity index (χ3n) is 2.89. The summed E-state index contributed by atoms with van der Waals surface area (Å²) in [4.78, 5) is 23.3. The normalized spacial score (nSPS) is 15.2. The molecule has 0 saturated heterocycles. The second-order valence-electron chi connectivity index (χ2n) is 4.25. The first-order valence-electron chi connectivity index (χ1n) is 5.44. The van der Waals surface area contributed by atoms with E-state index in [4.69, 9.17) is 0 Å². The van der Waals surface area contributed by atoms with E-state index in [2.05, 4.69) is 30.9 Å². The molecule has 0 radical (unpaired) electrons. The van der Waals surface area contributed by atoms with Crippen LogP contribution in [0.4, 0.5) is 0 Å². The van der Waals surface area contributed by atoms with E-state index in [9.17, 15) is 4.79 Å². The Bertz CT molecular complexity index is 627. The Morgan fingerprint density at radius 3 is 2.88 bits per heavy atom. The van der Waals surface area contributed by atoms with E-state index in [0.717, 1.165) is 18.5 Å². The fourth-order valence-electron chi connectivity index (χ4n) is 1.80. The lowest BCUT2D eigenvalue weighted by atomic mass is 10.3. The predicted molar refractivity (Wildman–Crippen MR) is 66.7 cm³/mol. The highest BCUT2D eigenvalue weighted by Crippen LogP contribution is 2.41. The number of aromatic amines is 1. The van der Waals surface area contributed by atoms with Crippen molar-refractivity contribution in [3.05, 3.63) is 32.9 Å². The van der Waals surface area contributed by atoms with Crippen LogP contribution in [0.5, 0.6) is 0 Å². The molecule has 0 unspecified atom stereocenters. The van der Waals surface area contributed by atoms with Crippen LogP contribution in [-0.4, -0.2) is 19.5 Å². The van der Waals surface area contributed by atoms with Gasteiger partial charge in [0.25, 0.3) is 5.56 Å². The van der Waals surface area contributed by atoms with Crippen LogP contribution in [0.15, 0.2) is 21.7 Å². The first-order chi connectivity index (χ1) is 8.16. The van der Waals surface area contributed by atoms with Gasteiger partial charge in [0.05, 0.1) is 5.69 Å². The molecule has 17 heavy (non-hydrogen) atoms. The van der Waals surface area contributed by atoms with Crippen LogP contribution in [0.25, 0.3) is 11.6 Å². The SMILES string of the molecule is Cn1ccnc1-c1nc(C2CC2)c(Br)c(=O)[nH]1. The molecular formula is C11H11BrN4O. The number of aryl methyl sites for hydroxylation is 1. The topological polar surface area (TPSA) is 63.6 Å². The van der Waals surface area contributed by atoms with Crippen molar-refractivity contribution in [1.82, 2.24) is 19.5 Å². The van der Waals surface area contributed by atoms with E-state index in [1.807, 2.05) is 17.8 Å². The first-order valence-corrected chi connectivity index (χ1v) is 6.23. The van der Waals surface area contributed by atoms with Gasteiger partial charge in [-0.15, -0.1) is 0 Å². The van der Waals surface area contributed by atoms with E-state index in [1.165, 1.54) is 0 Å². The molecule has 3 rings (SSSR count). The summed E-state index contributed by atoms with van der Waals surface area (Å²) >= 11 is 3.30. The molecule has 88 valence electrons. The number of nitrogens with zero attached hydrogens (tertiary/aromatic N) is 3.